The summed E-state index contributed by atoms with van der Waals surface area (Å²) in [6.07, 6.45) is -4.75. The Kier molecular flexibility index (Phi) is 6.73. The van der Waals surface area contributed by atoms with Crippen molar-refractivity contribution in [3.05, 3.63) is 47.0 Å². The van der Waals surface area contributed by atoms with Crippen molar-refractivity contribution in [2.45, 2.75) is 12.2 Å². The third kappa shape index (κ3) is 4.72. The molecule has 2 heterocycles. The molecule has 0 radical (unpaired) electrons. The number of hydrogen-bond acceptors (Lipinski definition) is 6. The van der Waals surface area contributed by atoms with Crippen molar-refractivity contribution < 1.29 is 67.8 Å². The highest BCUT2D eigenvalue weighted by Crippen LogP contribution is 2.44. The Labute approximate surface area is 212 Å². The molecule has 0 aromatic heterocycles. The minimum atomic E-state index is -4.75. The standard InChI is InChI=1S/C21H12F8N2O7S/c22-8-4-11-9(3-7(8)13-14(23)16(25)18(27)17(26)15(13)24)31(20(35)21(28,29)38-11)5-12(32)30-1-2-39(36,37)6-10(30)19(33)34/h3-4,10H,1-2,5-6H2,(H,33,34)/t10-/m1/s1. The van der Waals surface area contributed by atoms with Gasteiger partial charge in [-0.25, -0.2) is 39.6 Å². The SMILES string of the molecule is O=C(O)[C@H]1CS(=O)(=O)CCN1C(=O)CN1C(=O)C(F)(F)Oc2cc(F)c(-c3c(F)c(F)c(F)c(F)c3F)cc21. The number of carbonyl (C=O) groups is 3. The van der Waals surface area contributed by atoms with E-state index < -0.39 is 122 Å². The second-order valence-electron chi connectivity index (χ2n) is 8.31. The molecule has 1 saturated heterocycles. The Morgan fingerprint density at radius 3 is 2.13 bits per heavy atom. The number of aliphatic carboxylic acids is 1. The van der Waals surface area contributed by atoms with Crippen molar-refractivity contribution in [1.82, 2.24) is 4.90 Å². The second kappa shape index (κ2) is 9.35. The number of ether oxygens (including phenoxy) is 1. The summed E-state index contributed by atoms with van der Waals surface area (Å²) in [7, 11) is -3.91. The molecule has 0 spiro atoms. The van der Waals surface area contributed by atoms with E-state index in [-0.39, 0.29) is 17.0 Å². The molecule has 9 nitrogen and oxygen atoms in total. The van der Waals surface area contributed by atoms with Gasteiger partial charge < -0.3 is 14.7 Å². The molecule has 1 atom stereocenters. The first-order chi connectivity index (χ1) is 18.0. The lowest BCUT2D eigenvalue weighted by Crippen LogP contribution is -2.59. The number of nitrogens with zero attached hydrogens (tertiary/aromatic N) is 2. The van der Waals surface area contributed by atoms with Gasteiger partial charge in [-0.2, -0.15) is 8.78 Å². The Hall–Kier alpha value is -3.96. The van der Waals surface area contributed by atoms with Crippen molar-refractivity contribution in [3.8, 4) is 16.9 Å². The number of amides is 2. The average molecular weight is 588 g/mol. The summed E-state index contributed by atoms with van der Waals surface area (Å²) < 4.78 is 141. The fourth-order valence-electron chi connectivity index (χ4n) is 4.01. The monoisotopic (exact) mass is 588 g/mol. The first-order valence-corrected chi connectivity index (χ1v) is 12.3. The van der Waals surface area contributed by atoms with E-state index >= 15 is 0 Å². The smallest absolute Gasteiger partial charge is 0.480 e. The highest BCUT2D eigenvalue weighted by Gasteiger charge is 2.52. The molecule has 1 fully saturated rings. The second-order valence-corrected chi connectivity index (χ2v) is 10.5. The lowest BCUT2D eigenvalue weighted by Gasteiger charge is -2.37. The number of carbonyl (C=O) groups excluding carboxylic acids is 2. The quantitative estimate of drug-likeness (QED) is 0.331. The first-order valence-electron chi connectivity index (χ1n) is 10.4. The van der Waals surface area contributed by atoms with Gasteiger partial charge in [-0.3, -0.25) is 14.5 Å². The van der Waals surface area contributed by atoms with Gasteiger partial charge in [0.05, 0.1) is 22.8 Å². The van der Waals surface area contributed by atoms with E-state index in [1.165, 1.54) is 0 Å². The van der Waals surface area contributed by atoms with E-state index in [0.29, 0.717) is 4.90 Å². The van der Waals surface area contributed by atoms with E-state index in [0.717, 1.165) is 0 Å². The largest absolute Gasteiger partial charge is 0.482 e. The van der Waals surface area contributed by atoms with Crippen LogP contribution >= 0.6 is 0 Å². The molecule has 0 unspecified atom stereocenters. The molecule has 2 aliphatic rings. The van der Waals surface area contributed by atoms with Crippen LogP contribution in [0.25, 0.3) is 11.1 Å². The van der Waals surface area contributed by atoms with Gasteiger partial charge >= 0.3 is 18.0 Å². The number of halogens is 8. The summed E-state index contributed by atoms with van der Waals surface area (Å²) in [5, 5.41) is 9.32. The van der Waals surface area contributed by atoms with Gasteiger partial charge in [0.1, 0.15) is 18.4 Å². The Morgan fingerprint density at radius 1 is 1.00 bits per heavy atom. The highest BCUT2D eigenvalue weighted by atomic mass is 32.2. The van der Waals surface area contributed by atoms with Crippen molar-refractivity contribution in [2.75, 3.05) is 29.5 Å². The Balaban J connectivity index is 1.82. The molecular formula is C21H12F8N2O7S. The van der Waals surface area contributed by atoms with Crippen LogP contribution in [0.4, 0.5) is 40.8 Å². The topological polar surface area (TPSA) is 121 Å². The van der Waals surface area contributed by atoms with Crippen molar-refractivity contribution in [1.29, 1.82) is 0 Å². The number of alkyl halides is 2. The predicted octanol–water partition coefficient (Wildman–Crippen LogP) is 2.22. The van der Waals surface area contributed by atoms with Gasteiger partial charge in [-0.05, 0) is 6.07 Å². The van der Waals surface area contributed by atoms with Crippen LogP contribution in [0.1, 0.15) is 0 Å². The molecule has 4 rings (SSSR count). The number of anilines is 1. The molecular weight excluding hydrogens is 576 g/mol. The molecule has 1 N–H and O–H groups in total. The van der Waals surface area contributed by atoms with Crippen LogP contribution in [-0.2, 0) is 24.2 Å². The minimum Gasteiger partial charge on any atom is -0.480 e. The molecule has 2 aromatic carbocycles. The molecule has 2 aliphatic heterocycles. The zero-order chi connectivity index (χ0) is 29.2. The van der Waals surface area contributed by atoms with Gasteiger partial charge in [-0.15, -0.1) is 0 Å². The van der Waals surface area contributed by atoms with E-state index in [1.54, 1.807) is 0 Å². The van der Waals surface area contributed by atoms with Gasteiger partial charge in [0.25, 0.3) is 0 Å². The van der Waals surface area contributed by atoms with Gasteiger partial charge in [-0.1, -0.05) is 0 Å². The molecule has 18 heteroatoms. The Morgan fingerprint density at radius 2 is 1.56 bits per heavy atom. The Bertz CT molecular complexity index is 1520. The number of carboxylic acid groups (broad SMARTS) is 1. The van der Waals surface area contributed by atoms with Crippen LogP contribution in [0.2, 0.25) is 0 Å². The minimum absolute atomic E-state index is 0.0497. The summed E-state index contributed by atoms with van der Waals surface area (Å²) in [5.74, 6) is -22.7. The van der Waals surface area contributed by atoms with Crippen LogP contribution in [0.5, 0.6) is 5.75 Å². The fraction of sp³-hybridized carbons (Fsp3) is 0.286. The zero-order valence-corrected chi connectivity index (χ0v) is 19.6. The van der Waals surface area contributed by atoms with E-state index in [4.69, 9.17) is 0 Å². The number of carboxylic acids is 1. The number of hydrogen-bond donors (Lipinski definition) is 1. The van der Waals surface area contributed by atoms with Crippen LogP contribution in [0.15, 0.2) is 12.1 Å². The summed E-state index contributed by atoms with van der Waals surface area (Å²) >= 11 is 0. The molecule has 210 valence electrons. The van der Waals surface area contributed by atoms with E-state index in [9.17, 15) is 63.0 Å². The molecule has 39 heavy (non-hydrogen) atoms. The number of rotatable bonds is 4. The zero-order valence-electron chi connectivity index (χ0n) is 18.8. The maximum atomic E-state index is 14.7. The third-order valence-electron chi connectivity index (χ3n) is 5.88. The van der Waals surface area contributed by atoms with Crippen LogP contribution in [-0.4, -0.2) is 73.0 Å². The van der Waals surface area contributed by atoms with Crippen molar-refractivity contribution >= 4 is 33.3 Å². The summed E-state index contributed by atoms with van der Waals surface area (Å²) in [6.45, 7) is -2.14. The predicted molar refractivity (Wildman–Crippen MR) is 111 cm³/mol. The van der Waals surface area contributed by atoms with Crippen molar-refractivity contribution in [3.63, 3.8) is 0 Å². The van der Waals surface area contributed by atoms with Crippen LogP contribution in [0, 0.1) is 34.9 Å². The van der Waals surface area contributed by atoms with Gasteiger partial charge in [0.15, 0.2) is 38.9 Å². The van der Waals surface area contributed by atoms with Crippen LogP contribution < -0.4 is 9.64 Å². The number of benzene rings is 2. The molecule has 2 aromatic rings. The fourth-order valence-corrected chi connectivity index (χ4v) is 5.46. The molecule has 2 amide bonds. The van der Waals surface area contributed by atoms with E-state index in [2.05, 4.69) is 4.74 Å². The third-order valence-corrected chi connectivity index (χ3v) is 7.51. The van der Waals surface area contributed by atoms with Gasteiger partial charge in [0, 0.05) is 18.2 Å². The van der Waals surface area contributed by atoms with Crippen molar-refractivity contribution in [2.24, 2.45) is 0 Å². The normalized spacial score (nSPS) is 19.9. The highest BCUT2D eigenvalue weighted by molar-refractivity contribution is 7.91. The summed E-state index contributed by atoms with van der Waals surface area (Å²) in [5.41, 5.74) is -4.20. The van der Waals surface area contributed by atoms with Crippen LogP contribution in [0.3, 0.4) is 0 Å². The maximum Gasteiger partial charge on any atom is 0.482 e. The summed E-state index contributed by atoms with van der Waals surface area (Å²) in [4.78, 5) is 37.2. The first kappa shape index (κ1) is 28.1. The maximum absolute atomic E-state index is 14.7. The average Bonchev–Trinajstić information content (AvgIpc) is 2.84. The lowest BCUT2D eigenvalue weighted by molar-refractivity contribution is -0.193. The molecule has 0 bridgehead atoms. The van der Waals surface area contributed by atoms with E-state index in [1.807, 2.05) is 0 Å². The number of fused-ring (bicyclic) bond motifs is 1. The molecule has 0 aliphatic carbocycles. The lowest BCUT2D eigenvalue weighted by atomic mass is 10.0. The van der Waals surface area contributed by atoms with Gasteiger partial charge in [0.2, 0.25) is 11.7 Å². The summed E-state index contributed by atoms with van der Waals surface area (Å²) in [6, 6.07) is -1.70. The molecule has 0 saturated carbocycles. The number of sulfone groups is 1.